The van der Waals surface area contributed by atoms with Crippen molar-refractivity contribution in [1.29, 1.82) is 0 Å². The van der Waals surface area contributed by atoms with E-state index in [1.165, 1.54) is 24.3 Å². The molecular formula is C25H20F6O5. The summed E-state index contributed by atoms with van der Waals surface area (Å²) in [4.78, 5) is 11.0. The second kappa shape index (κ2) is 10.5. The van der Waals surface area contributed by atoms with Crippen LogP contribution in [0.1, 0.15) is 21.5 Å². The van der Waals surface area contributed by atoms with Crippen molar-refractivity contribution in [2.24, 2.45) is 0 Å². The lowest BCUT2D eigenvalue weighted by molar-refractivity contribution is -0.376. The van der Waals surface area contributed by atoms with E-state index in [1.807, 2.05) is 0 Å². The summed E-state index contributed by atoms with van der Waals surface area (Å²) in [5.74, 6) is -0.827. The first kappa shape index (κ1) is 26.9. The first-order chi connectivity index (χ1) is 16.8. The fourth-order valence-electron chi connectivity index (χ4n) is 3.35. The third-order valence-corrected chi connectivity index (χ3v) is 5.24. The second-order valence-electron chi connectivity index (χ2n) is 7.80. The van der Waals surface area contributed by atoms with Crippen LogP contribution in [0.4, 0.5) is 26.3 Å². The van der Waals surface area contributed by atoms with Crippen molar-refractivity contribution >= 4 is 5.97 Å². The van der Waals surface area contributed by atoms with E-state index in [4.69, 9.17) is 14.6 Å². The Labute approximate surface area is 201 Å². The fraction of sp³-hybridized carbons (Fsp3) is 0.240. The van der Waals surface area contributed by atoms with Crippen molar-refractivity contribution in [2.45, 2.75) is 30.5 Å². The summed E-state index contributed by atoms with van der Waals surface area (Å²) in [6.45, 7) is -0.0713. The molecule has 3 aromatic carbocycles. The van der Waals surface area contributed by atoms with E-state index in [2.05, 4.69) is 0 Å². The highest BCUT2D eigenvalue weighted by Gasteiger charge is 2.71. The molecule has 192 valence electrons. The van der Waals surface area contributed by atoms with Crippen molar-refractivity contribution in [2.75, 3.05) is 6.61 Å². The number of carboxylic acid groups (broad SMARTS) is 1. The van der Waals surface area contributed by atoms with Crippen LogP contribution in [0.25, 0.3) is 0 Å². The topological polar surface area (TPSA) is 76.0 Å². The second-order valence-corrected chi connectivity index (χ2v) is 7.80. The molecule has 1 atom stereocenters. The van der Waals surface area contributed by atoms with Crippen LogP contribution in [-0.4, -0.2) is 41.2 Å². The number of hydrogen-bond donors (Lipinski definition) is 2. The van der Waals surface area contributed by atoms with Gasteiger partial charge in [-0.2, -0.15) is 26.3 Å². The number of carbonyl (C=O) groups is 1. The lowest BCUT2D eigenvalue weighted by atomic mass is 9.92. The van der Waals surface area contributed by atoms with Crippen LogP contribution in [0.3, 0.4) is 0 Å². The molecule has 0 aliphatic rings. The zero-order valence-electron chi connectivity index (χ0n) is 18.4. The molecule has 0 heterocycles. The maximum Gasteiger partial charge on any atom is 0.430 e. The number of benzene rings is 3. The molecule has 1 unspecified atom stereocenters. The van der Waals surface area contributed by atoms with E-state index in [-0.39, 0.29) is 24.3 Å². The number of aliphatic hydroxyl groups is 1. The van der Waals surface area contributed by atoms with E-state index >= 15 is 0 Å². The standard InChI is InChI=1S/C25H20F6O5/c26-24(27,28)23(34,25(29,30)31)18-8-12-20(13-9-18)36-21(14-16-4-2-1-3-5-16)15-35-19-10-6-17(7-11-19)22(32)33/h1-13,21,34H,14-15H2,(H,32,33). The first-order valence-electron chi connectivity index (χ1n) is 10.4. The Morgan fingerprint density at radius 2 is 1.31 bits per heavy atom. The van der Waals surface area contributed by atoms with E-state index in [0.717, 1.165) is 17.7 Å². The zero-order valence-corrected chi connectivity index (χ0v) is 18.4. The Hall–Kier alpha value is -3.73. The maximum absolute atomic E-state index is 13.1. The first-order valence-corrected chi connectivity index (χ1v) is 10.4. The molecule has 0 aliphatic heterocycles. The van der Waals surface area contributed by atoms with Crippen molar-refractivity contribution in [3.05, 3.63) is 95.6 Å². The molecule has 0 amide bonds. The molecule has 2 N–H and O–H groups in total. The SMILES string of the molecule is O=C(O)c1ccc(OCC(Cc2ccccc2)Oc2ccc(C(O)(C(F)(F)F)C(F)(F)F)cc2)cc1. The van der Waals surface area contributed by atoms with E-state index in [9.17, 15) is 36.2 Å². The van der Waals surface area contributed by atoms with Gasteiger partial charge in [0.05, 0.1) is 5.56 Å². The summed E-state index contributed by atoms with van der Waals surface area (Å²) in [7, 11) is 0. The summed E-state index contributed by atoms with van der Waals surface area (Å²) >= 11 is 0. The highest BCUT2D eigenvalue weighted by atomic mass is 19.4. The predicted molar refractivity (Wildman–Crippen MR) is 116 cm³/mol. The summed E-state index contributed by atoms with van der Waals surface area (Å²) in [5, 5.41) is 18.5. The lowest BCUT2D eigenvalue weighted by Crippen LogP contribution is -2.53. The number of halogens is 6. The molecule has 0 spiro atoms. The monoisotopic (exact) mass is 514 g/mol. The normalized spacial score (nSPS) is 13.2. The van der Waals surface area contributed by atoms with Gasteiger partial charge in [0.1, 0.15) is 24.2 Å². The van der Waals surface area contributed by atoms with Gasteiger partial charge in [0, 0.05) is 12.0 Å². The highest BCUT2D eigenvalue weighted by molar-refractivity contribution is 5.87. The molecule has 0 bridgehead atoms. The van der Waals surface area contributed by atoms with Gasteiger partial charge in [-0.05, 0) is 42.0 Å². The molecule has 0 saturated heterocycles. The Morgan fingerprint density at radius 3 is 1.81 bits per heavy atom. The largest absolute Gasteiger partial charge is 0.490 e. The number of carboxylic acids is 1. The van der Waals surface area contributed by atoms with Crippen molar-refractivity contribution in [3.63, 3.8) is 0 Å². The van der Waals surface area contributed by atoms with Crippen LogP contribution < -0.4 is 9.47 Å². The average Bonchev–Trinajstić information content (AvgIpc) is 2.82. The summed E-state index contributed by atoms with van der Waals surface area (Å²) in [6, 6.07) is 17.3. The Balaban J connectivity index is 1.79. The van der Waals surface area contributed by atoms with Crippen LogP contribution >= 0.6 is 0 Å². The predicted octanol–water partition coefficient (Wildman–Crippen LogP) is 5.77. The number of hydrogen-bond acceptors (Lipinski definition) is 4. The number of aromatic carboxylic acids is 1. The molecule has 5 nitrogen and oxygen atoms in total. The Morgan fingerprint density at radius 1 is 0.778 bits per heavy atom. The Kier molecular flexibility index (Phi) is 7.83. The minimum atomic E-state index is -5.99. The molecule has 0 fully saturated rings. The molecule has 3 rings (SSSR count). The van der Waals surface area contributed by atoms with Gasteiger partial charge in [-0.25, -0.2) is 4.79 Å². The van der Waals surface area contributed by atoms with Crippen LogP contribution in [0, 0.1) is 0 Å². The minimum absolute atomic E-state index is 0.0452. The average molecular weight is 514 g/mol. The molecule has 0 aliphatic carbocycles. The van der Waals surface area contributed by atoms with Gasteiger partial charge in [0.2, 0.25) is 0 Å². The van der Waals surface area contributed by atoms with Crippen molar-refractivity contribution < 1.29 is 50.8 Å². The number of rotatable bonds is 9. The minimum Gasteiger partial charge on any atom is -0.490 e. The smallest absolute Gasteiger partial charge is 0.430 e. The van der Waals surface area contributed by atoms with Gasteiger partial charge in [-0.15, -0.1) is 0 Å². The molecular weight excluding hydrogens is 494 g/mol. The fourth-order valence-corrected chi connectivity index (χ4v) is 3.35. The van der Waals surface area contributed by atoms with Crippen molar-refractivity contribution in [1.82, 2.24) is 0 Å². The number of ether oxygens (including phenoxy) is 2. The van der Waals surface area contributed by atoms with E-state index in [1.54, 1.807) is 30.3 Å². The molecule has 36 heavy (non-hydrogen) atoms. The quantitative estimate of drug-likeness (QED) is 0.355. The van der Waals surface area contributed by atoms with Gasteiger partial charge in [-0.1, -0.05) is 42.5 Å². The third-order valence-electron chi connectivity index (χ3n) is 5.24. The van der Waals surface area contributed by atoms with Gasteiger partial charge in [0.25, 0.3) is 5.60 Å². The van der Waals surface area contributed by atoms with Crippen LogP contribution in [0.5, 0.6) is 11.5 Å². The van der Waals surface area contributed by atoms with Gasteiger partial charge in [-0.3, -0.25) is 0 Å². The summed E-state index contributed by atoms with van der Waals surface area (Å²) < 4.78 is 90.2. The van der Waals surface area contributed by atoms with Crippen LogP contribution in [0.15, 0.2) is 78.9 Å². The third kappa shape index (κ3) is 6.09. The maximum atomic E-state index is 13.1. The lowest BCUT2D eigenvalue weighted by Gasteiger charge is -2.32. The Bertz CT molecular complexity index is 1130. The van der Waals surface area contributed by atoms with E-state index in [0.29, 0.717) is 17.9 Å². The molecule has 11 heteroatoms. The highest BCUT2D eigenvalue weighted by Crippen LogP contribution is 2.50. The molecule has 0 aromatic heterocycles. The van der Waals surface area contributed by atoms with Crippen LogP contribution in [0.2, 0.25) is 0 Å². The summed E-state index contributed by atoms with van der Waals surface area (Å²) in [6.07, 6.45) is -12.4. The van der Waals surface area contributed by atoms with Gasteiger partial charge >= 0.3 is 18.3 Å². The van der Waals surface area contributed by atoms with Crippen LogP contribution in [-0.2, 0) is 12.0 Å². The molecule has 3 aromatic rings. The number of alkyl halides is 6. The summed E-state index contributed by atoms with van der Waals surface area (Å²) in [5.41, 5.74) is -5.55. The molecule has 0 saturated carbocycles. The zero-order chi connectivity index (χ0) is 26.6. The van der Waals surface area contributed by atoms with E-state index < -0.39 is 35.6 Å². The molecule has 0 radical (unpaired) electrons. The van der Waals surface area contributed by atoms with Gasteiger partial charge < -0.3 is 19.7 Å². The van der Waals surface area contributed by atoms with Crippen molar-refractivity contribution in [3.8, 4) is 11.5 Å². The van der Waals surface area contributed by atoms with Gasteiger partial charge in [0.15, 0.2) is 0 Å².